The zero-order chi connectivity index (χ0) is 14.3. The highest BCUT2D eigenvalue weighted by molar-refractivity contribution is 7.11. The molecule has 2 aromatic heterocycles. The number of thiazole rings is 1. The van der Waals surface area contributed by atoms with Crippen LogP contribution < -0.4 is 10.6 Å². The Morgan fingerprint density at radius 3 is 2.95 bits per heavy atom. The van der Waals surface area contributed by atoms with Gasteiger partial charge in [-0.1, -0.05) is 6.92 Å². The van der Waals surface area contributed by atoms with Crippen molar-refractivity contribution in [2.75, 3.05) is 23.7 Å². The van der Waals surface area contributed by atoms with E-state index in [1.807, 2.05) is 12.3 Å². The van der Waals surface area contributed by atoms with Gasteiger partial charge in [-0.25, -0.2) is 4.98 Å². The summed E-state index contributed by atoms with van der Waals surface area (Å²) in [6.45, 7) is 5.74. The Morgan fingerprint density at radius 2 is 2.30 bits per heavy atom. The summed E-state index contributed by atoms with van der Waals surface area (Å²) in [6.07, 6.45) is 0.579. The minimum atomic E-state index is -0.207. The molecule has 0 aromatic carbocycles. The maximum Gasteiger partial charge on any atom is 0.148 e. The normalized spacial score (nSPS) is 23.2. The summed E-state index contributed by atoms with van der Waals surface area (Å²) in [5.41, 5.74) is 7.90. The van der Waals surface area contributed by atoms with Gasteiger partial charge in [0.1, 0.15) is 10.8 Å². The second kappa shape index (κ2) is 5.31. The number of hydrogen-bond acceptors (Lipinski definition) is 7. The molecule has 0 amide bonds. The van der Waals surface area contributed by atoms with Crippen LogP contribution >= 0.6 is 22.9 Å². The van der Waals surface area contributed by atoms with Crippen LogP contribution in [0, 0.1) is 12.8 Å². The molecule has 0 aliphatic carbocycles. The molecular weight excluding hydrogens is 292 g/mol. The Bertz CT molecular complexity index is 609. The molecule has 1 aliphatic heterocycles. The number of aliphatic hydroxyl groups is 1. The Labute approximate surface area is 126 Å². The number of anilines is 2. The van der Waals surface area contributed by atoms with E-state index >= 15 is 0 Å². The Morgan fingerprint density at radius 1 is 1.50 bits per heavy atom. The van der Waals surface area contributed by atoms with E-state index in [0.29, 0.717) is 5.82 Å². The number of rotatable bonds is 2. The molecule has 3 rings (SSSR count). The molecule has 2 aromatic rings. The van der Waals surface area contributed by atoms with E-state index in [2.05, 4.69) is 21.2 Å². The van der Waals surface area contributed by atoms with Crippen molar-refractivity contribution in [1.82, 2.24) is 9.36 Å². The van der Waals surface area contributed by atoms with E-state index in [4.69, 9.17) is 5.73 Å². The van der Waals surface area contributed by atoms with Crippen LogP contribution in [0.4, 0.5) is 10.8 Å². The summed E-state index contributed by atoms with van der Waals surface area (Å²) >= 11 is 3.04. The second-order valence-corrected chi connectivity index (χ2v) is 7.09. The summed E-state index contributed by atoms with van der Waals surface area (Å²) < 4.78 is 4.30. The van der Waals surface area contributed by atoms with Crippen molar-refractivity contribution in [3.05, 3.63) is 10.4 Å². The monoisotopic (exact) mass is 310 g/mol. The topological polar surface area (TPSA) is 75.3 Å². The van der Waals surface area contributed by atoms with Crippen molar-refractivity contribution in [2.24, 2.45) is 5.92 Å². The van der Waals surface area contributed by atoms with Crippen molar-refractivity contribution in [3.63, 3.8) is 0 Å². The molecule has 0 radical (unpaired) electrons. The van der Waals surface area contributed by atoms with Gasteiger partial charge in [0.2, 0.25) is 0 Å². The predicted molar refractivity (Wildman–Crippen MR) is 84.4 cm³/mol. The number of aryl methyl sites for hydroxylation is 1. The highest BCUT2D eigenvalue weighted by Gasteiger charge is 2.28. The van der Waals surface area contributed by atoms with Gasteiger partial charge in [0.05, 0.1) is 22.4 Å². The van der Waals surface area contributed by atoms with Gasteiger partial charge in [0.15, 0.2) is 0 Å². The van der Waals surface area contributed by atoms with Crippen LogP contribution in [0.1, 0.15) is 18.4 Å². The third kappa shape index (κ3) is 2.41. The average molecular weight is 310 g/mol. The first kappa shape index (κ1) is 13.8. The molecule has 1 fully saturated rings. The maximum absolute atomic E-state index is 9.86. The van der Waals surface area contributed by atoms with E-state index in [0.717, 1.165) is 40.8 Å². The number of aliphatic hydroxyl groups excluding tert-OH is 1. The molecule has 0 spiro atoms. The summed E-state index contributed by atoms with van der Waals surface area (Å²) in [5, 5.41) is 14.0. The van der Waals surface area contributed by atoms with Gasteiger partial charge in [-0.3, -0.25) is 0 Å². The SMILES string of the molecule is Cc1nc(-c2c(N)nsc2N2CCC(O)C(C)C2)cs1. The van der Waals surface area contributed by atoms with Crippen LogP contribution in [-0.4, -0.2) is 33.7 Å². The minimum absolute atomic E-state index is 0.207. The highest BCUT2D eigenvalue weighted by Crippen LogP contribution is 2.40. The molecule has 1 saturated heterocycles. The van der Waals surface area contributed by atoms with Crippen molar-refractivity contribution >= 4 is 33.7 Å². The van der Waals surface area contributed by atoms with Gasteiger partial charge in [0, 0.05) is 18.5 Å². The molecule has 3 N–H and O–H groups in total. The van der Waals surface area contributed by atoms with Gasteiger partial charge < -0.3 is 15.7 Å². The van der Waals surface area contributed by atoms with Crippen molar-refractivity contribution in [2.45, 2.75) is 26.4 Å². The van der Waals surface area contributed by atoms with Crippen molar-refractivity contribution < 1.29 is 5.11 Å². The number of hydrogen-bond donors (Lipinski definition) is 2. The zero-order valence-electron chi connectivity index (χ0n) is 11.5. The van der Waals surface area contributed by atoms with Gasteiger partial charge >= 0.3 is 0 Å². The molecule has 5 nitrogen and oxygen atoms in total. The van der Waals surface area contributed by atoms with Crippen molar-refractivity contribution in [1.29, 1.82) is 0 Å². The maximum atomic E-state index is 9.86. The number of nitrogens with zero attached hydrogens (tertiary/aromatic N) is 3. The minimum Gasteiger partial charge on any atom is -0.393 e. The highest BCUT2D eigenvalue weighted by atomic mass is 32.1. The third-order valence-corrected chi connectivity index (χ3v) is 5.42. The first-order valence-corrected chi connectivity index (χ1v) is 8.32. The fraction of sp³-hybridized carbons (Fsp3) is 0.538. The van der Waals surface area contributed by atoms with Gasteiger partial charge in [-0.05, 0) is 30.8 Å². The lowest BCUT2D eigenvalue weighted by molar-refractivity contribution is 0.0973. The molecule has 108 valence electrons. The number of piperidine rings is 1. The zero-order valence-corrected chi connectivity index (χ0v) is 13.2. The molecular formula is C13H18N4OS2. The quantitative estimate of drug-likeness (QED) is 0.890. The van der Waals surface area contributed by atoms with Crippen LogP contribution in [0.15, 0.2) is 5.38 Å². The average Bonchev–Trinajstić information content (AvgIpc) is 2.99. The van der Waals surface area contributed by atoms with Gasteiger partial charge in [-0.15, -0.1) is 11.3 Å². The van der Waals surface area contributed by atoms with E-state index in [1.165, 1.54) is 11.5 Å². The predicted octanol–water partition coefficient (Wildman–Crippen LogP) is 2.36. The number of nitrogen functional groups attached to an aromatic ring is 1. The van der Waals surface area contributed by atoms with Crippen LogP contribution in [-0.2, 0) is 0 Å². The van der Waals surface area contributed by atoms with Crippen LogP contribution in [0.5, 0.6) is 0 Å². The van der Waals surface area contributed by atoms with Crippen LogP contribution in [0.3, 0.4) is 0 Å². The molecule has 0 bridgehead atoms. The molecule has 2 unspecified atom stereocenters. The standard InChI is InChI=1S/C13H18N4OS2/c1-7-5-17(4-3-10(7)18)13-11(12(14)16-20-13)9-6-19-8(2)15-9/h6-7,10,18H,3-5H2,1-2H3,(H2,14,16). The first-order chi connectivity index (χ1) is 9.56. The summed E-state index contributed by atoms with van der Waals surface area (Å²) in [7, 11) is 0. The molecule has 2 atom stereocenters. The molecule has 0 saturated carbocycles. The summed E-state index contributed by atoms with van der Waals surface area (Å²) in [4.78, 5) is 6.81. The Kier molecular flexibility index (Phi) is 3.66. The first-order valence-electron chi connectivity index (χ1n) is 6.67. The number of nitrogens with two attached hydrogens (primary N) is 1. The van der Waals surface area contributed by atoms with E-state index < -0.39 is 0 Å². The third-order valence-electron chi connectivity index (χ3n) is 3.72. The lowest BCUT2D eigenvalue weighted by Gasteiger charge is -2.35. The molecule has 3 heterocycles. The van der Waals surface area contributed by atoms with E-state index in [9.17, 15) is 5.11 Å². The fourth-order valence-corrected chi connectivity index (χ4v) is 4.01. The Balaban J connectivity index is 1.95. The lowest BCUT2D eigenvalue weighted by atomic mass is 9.97. The fourth-order valence-electron chi connectivity index (χ4n) is 2.55. The summed E-state index contributed by atoms with van der Waals surface area (Å²) in [5.74, 6) is 0.811. The van der Waals surface area contributed by atoms with Crippen LogP contribution in [0.2, 0.25) is 0 Å². The largest absolute Gasteiger partial charge is 0.393 e. The van der Waals surface area contributed by atoms with E-state index in [1.54, 1.807) is 11.3 Å². The Hall–Kier alpha value is -1.18. The number of aromatic nitrogens is 2. The van der Waals surface area contributed by atoms with Gasteiger partial charge in [0.25, 0.3) is 0 Å². The summed E-state index contributed by atoms with van der Waals surface area (Å²) in [6, 6.07) is 0. The smallest absolute Gasteiger partial charge is 0.148 e. The van der Waals surface area contributed by atoms with Crippen molar-refractivity contribution in [3.8, 4) is 11.3 Å². The second-order valence-electron chi connectivity index (χ2n) is 5.28. The molecule has 1 aliphatic rings. The van der Waals surface area contributed by atoms with Gasteiger partial charge in [-0.2, -0.15) is 4.37 Å². The lowest BCUT2D eigenvalue weighted by Crippen LogP contribution is -2.41. The van der Waals surface area contributed by atoms with Crippen LogP contribution in [0.25, 0.3) is 11.3 Å². The van der Waals surface area contributed by atoms with E-state index in [-0.39, 0.29) is 12.0 Å². The molecule has 7 heteroatoms. The molecule has 20 heavy (non-hydrogen) atoms.